The molecule has 2 unspecified atom stereocenters. The molecule has 0 aliphatic heterocycles. The van der Waals surface area contributed by atoms with E-state index in [1.165, 1.54) is 6.07 Å². The topological polar surface area (TPSA) is 95.4 Å². The lowest BCUT2D eigenvalue weighted by atomic mass is 10.0. The van der Waals surface area contributed by atoms with Crippen LogP contribution in [0.5, 0.6) is 0 Å². The highest BCUT2D eigenvalue weighted by molar-refractivity contribution is 7.81. The van der Waals surface area contributed by atoms with Crippen LogP contribution >= 0.6 is 34.9 Å². The summed E-state index contributed by atoms with van der Waals surface area (Å²) in [5, 5.41) is 3.34. The molecule has 0 radical (unpaired) electrons. The van der Waals surface area contributed by atoms with Gasteiger partial charge < -0.3 is 5.32 Å². The second-order valence-electron chi connectivity index (χ2n) is 8.31. The summed E-state index contributed by atoms with van der Waals surface area (Å²) in [5.41, 5.74) is -0.324. The van der Waals surface area contributed by atoms with Crippen molar-refractivity contribution < 1.29 is 26.7 Å². The van der Waals surface area contributed by atoms with Gasteiger partial charge in [-0.15, -0.1) is 0 Å². The molecule has 2 atom stereocenters. The number of benzene rings is 3. The van der Waals surface area contributed by atoms with E-state index in [9.17, 15) is 26.7 Å². The second kappa shape index (κ2) is 12.0. The zero-order chi connectivity index (χ0) is 28.3. The average molecular weight is 615 g/mol. The molecule has 0 fully saturated rings. The second-order valence-corrected chi connectivity index (χ2v) is 10.5. The van der Waals surface area contributed by atoms with Crippen molar-refractivity contribution in [3.05, 3.63) is 105 Å². The molecule has 4 rings (SSSR count). The van der Waals surface area contributed by atoms with E-state index in [1.54, 1.807) is 43.3 Å². The van der Waals surface area contributed by atoms with Crippen molar-refractivity contribution in [2.75, 3.05) is 4.31 Å². The Labute approximate surface area is 238 Å². The molecule has 1 heterocycles. The molecule has 14 heteroatoms. The predicted octanol–water partition coefficient (Wildman–Crippen LogP) is 7.22. The van der Waals surface area contributed by atoms with Crippen LogP contribution in [0.1, 0.15) is 45.7 Å². The number of carbonyl (C=O) groups is 1. The van der Waals surface area contributed by atoms with Gasteiger partial charge in [0, 0.05) is 16.5 Å². The largest absolute Gasteiger partial charge is 0.416 e. The smallest absolute Gasteiger partial charge is 0.345 e. The van der Waals surface area contributed by atoms with Crippen LogP contribution < -0.4 is 9.62 Å². The van der Waals surface area contributed by atoms with E-state index >= 15 is 0 Å². The molecule has 204 valence electrons. The highest BCUT2D eigenvalue weighted by Gasteiger charge is 2.35. The summed E-state index contributed by atoms with van der Waals surface area (Å²) in [6, 6.07) is 15.3. The molecule has 0 saturated carbocycles. The lowest BCUT2D eigenvalue weighted by Crippen LogP contribution is -2.30. The van der Waals surface area contributed by atoms with Crippen LogP contribution in [0.25, 0.3) is 0 Å². The highest BCUT2D eigenvalue weighted by atomic mass is 35.5. The Morgan fingerprint density at radius 3 is 2.46 bits per heavy atom. The quantitative estimate of drug-likeness (QED) is 0.204. The summed E-state index contributed by atoms with van der Waals surface area (Å²) in [6.07, 6.45) is -4.60. The molecular formula is C25H19Cl2F3N4O3S2. The molecule has 0 aliphatic rings. The minimum absolute atomic E-state index is 0.146. The molecule has 1 amide bonds. The Kier molecular flexibility index (Phi) is 8.92. The maximum Gasteiger partial charge on any atom is 0.416 e. The lowest BCUT2D eigenvalue weighted by molar-refractivity contribution is -0.137. The first-order chi connectivity index (χ1) is 18.5. The summed E-state index contributed by atoms with van der Waals surface area (Å²) in [4.78, 5) is 13.4. The fraction of sp³-hybridized carbons (Fsp3) is 0.160. The Morgan fingerprint density at radius 1 is 1.10 bits per heavy atom. The van der Waals surface area contributed by atoms with Gasteiger partial charge in [0.15, 0.2) is 5.82 Å². The molecule has 7 nitrogen and oxygen atoms in total. The first-order valence-electron chi connectivity index (χ1n) is 11.2. The summed E-state index contributed by atoms with van der Waals surface area (Å²) >= 11 is 9.99. The maximum atomic E-state index is 13.7. The van der Waals surface area contributed by atoms with Crippen molar-refractivity contribution in [2.24, 2.45) is 0 Å². The number of hydrogen-bond donors (Lipinski definition) is 2. The van der Waals surface area contributed by atoms with Gasteiger partial charge >= 0.3 is 6.18 Å². The molecule has 0 aliphatic carbocycles. The standard InChI is InChI=1S/C25H19Cl2F3N4O3S2/c1-14(18-10-8-17(26)13-20(18)27)31-24(35)19-9-7-16(25(28,29)30)12-22(19)34(39(36)37)23-21(32-38-33-23)11-15-5-3-2-4-6-15/h2-10,12-14H,11H2,1H3,(H,31,35)(H,36,37). The third-order valence-electron chi connectivity index (χ3n) is 5.66. The summed E-state index contributed by atoms with van der Waals surface area (Å²) in [7, 11) is 0. The van der Waals surface area contributed by atoms with E-state index in [1.807, 2.05) is 6.07 Å². The van der Waals surface area contributed by atoms with Crippen LogP contribution in [0.2, 0.25) is 10.0 Å². The van der Waals surface area contributed by atoms with Crippen molar-refractivity contribution >= 4 is 63.6 Å². The number of anilines is 2. The number of aromatic nitrogens is 2. The number of nitrogens with zero attached hydrogens (tertiary/aromatic N) is 3. The van der Waals surface area contributed by atoms with Crippen molar-refractivity contribution in [1.29, 1.82) is 0 Å². The van der Waals surface area contributed by atoms with E-state index in [0.29, 0.717) is 21.0 Å². The zero-order valence-electron chi connectivity index (χ0n) is 19.9. The van der Waals surface area contributed by atoms with Crippen LogP contribution in [-0.2, 0) is 23.9 Å². The van der Waals surface area contributed by atoms with E-state index in [4.69, 9.17) is 23.2 Å². The van der Waals surface area contributed by atoms with Gasteiger partial charge in [-0.3, -0.25) is 9.35 Å². The highest BCUT2D eigenvalue weighted by Crippen LogP contribution is 2.38. The van der Waals surface area contributed by atoms with E-state index in [2.05, 4.69) is 14.1 Å². The average Bonchev–Trinajstić information content (AvgIpc) is 3.31. The molecule has 2 N–H and O–H groups in total. The van der Waals surface area contributed by atoms with Gasteiger partial charge in [0.2, 0.25) is 0 Å². The van der Waals surface area contributed by atoms with Gasteiger partial charge in [0.05, 0.1) is 34.6 Å². The Hall–Kier alpha value is -3.03. The van der Waals surface area contributed by atoms with Crippen LogP contribution in [-0.4, -0.2) is 23.4 Å². The molecule has 0 saturated heterocycles. The van der Waals surface area contributed by atoms with Gasteiger partial charge in [0.25, 0.3) is 17.2 Å². The van der Waals surface area contributed by atoms with Gasteiger partial charge in [0.1, 0.15) is 5.69 Å². The predicted molar refractivity (Wildman–Crippen MR) is 146 cm³/mol. The van der Waals surface area contributed by atoms with Crippen LogP contribution in [0.3, 0.4) is 0 Å². The summed E-state index contributed by atoms with van der Waals surface area (Å²) in [6.45, 7) is 1.63. The molecule has 39 heavy (non-hydrogen) atoms. The summed E-state index contributed by atoms with van der Waals surface area (Å²) in [5.74, 6) is -0.952. The first-order valence-corrected chi connectivity index (χ1v) is 13.7. The van der Waals surface area contributed by atoms with Crippen LogP contribution in [0.15, 0.2) is 66.7 Å². The number of hydrogen-bond acceptors (Lipinski definition) is 5. The fourth-order valence-corrected chi connectivity index (χ4v) is 5.59. The number of alkyl halides is 3. The Bertz CT molecular complexity index is 1520. The molecule has 0 spiro atoms. The number of halogens is 5. The third kappa shape index (κ3) is 6.76. The Balaban J connectivity index is 1.77. The van der Waals surface area contributed by atoms with Gasteiger partial charge in [-0.25, -0.2) is 8.51 Å². The van der Waals surface area contributed by atoms with Gasteiger partial charge in [-0.2, -0.15) is 21.9 Å². The number of carbonyl (C=O) groups excluding carboxylic acids is 1. The van der Waals surface area contributed by atoms with Crippen molar-refractivity contribution in [2.45, 2.75) is 25.6 Å². The SMILES string of the molecule is CC(NC(=O)c1ccc(C(F)(F)F)cc1N(c1nsnc1Cc1ccccc1)S(=O)O)c1ccc(Cl)cc1Cl. The monoisotopic (exact) mass is 614 g/mol. The minimum Gasteiger partial charge on any atom is -0.345 e. The van der Waals surface area contributed by atoms with Gasteiger partial charge in [-0.05, 0) is 48.4 Å². The van der Waals surface area contributed by atoms with Crippen molar-refractivity contribution in [3.63, 3.8) is 0 Å². The Morgan fingerprint density at radius 2 is 1.82 bits per heavy atom. The van der Waals surface area contributed by atoms with Crippen LogP contribution in [0.4, 0.5) is 24.7 Å². The van der Waals surface area contributed by atoms with E-state index in [-0.39, 0.29) is 28.5 Å². The molecule has 4 aromatic rings. The zero-order valence-corrected chi connectivity index (χ0v) is 23.1. The number of rotatable bonds is 8. The van der Waals surface area contributed by atoms with E-state index in [0.717, 1.165) is 29.4 Å². The first kappa shape index (κ1) is 29.0. The fourth-order valence-electron chi connectivity index (χ4n) is 3.80. The van der Waals surface area contributed by atoms with Crippen molar-refractivity contribution in [1.82, 2.24) is 14.1 Å². The maximum absolute atomic E-state index is 13.7. The normalized spacial score (nSPS) is 13.1. The summed E-state index contributed by atoms with van der Waals surface area (Å²) < 4.78 is 72.8. The number of amides is 1. The van der Waals surface area contributed by atoms with Crippen LogP contribution in [0, 0.1) is 0 Å². The molecular weight excluding hydrogens is 596 g/mol. The minimum atomic E-state index is -4.79. The number of nitrogens with one attached hydrogen (secondary N) is 1. The van der Waals surface area contributed by atoms with E-state index < -0.39 is 40.6 Å². The third-order valence-corrected chi connectivity index (χ3v) is 7.47. The molecule has 1 aromatic heterocycles. The molecule has 0 bridgehead atoms. The van der Waals surface area contributed by atoms with Gasteiger partial charge in [-0.1, -0.05) is 59.6 Å². The molecule has 3 aromatic carbocycles. The lowest BCUT2D eigenvalue weighted by Gasteiger charge is -2.23. The van der Waals surface area contributed by atoms with Crippen molar-refractivity contribution in [3.8, 4) is 0 Å².